The van der Waals surface area contributed by atoms with Crippen molar-refractivity contribution >= 4 is 0 Å². The van der Waals surface area contributed by atoms with Crippen LogP contribution in [0.5, 0.6) is 0 Å². The second-order valence-electron chi connectivity index (χ2n) is 6.17. The van der Waals surface area contributed by atoms with Gasteiger partial charge in [-0.05, 0) is 17.8 Å². The van der Waals surface area contributed by atoms with Crippen molar-refractivity contribution in [2.75, 3.05) is 13.3 Å². The molecule has 3 N–H and O–H groups in total. The molecule has 0 aliphatic rings. The van der Waals surface area contributed by atoms with E-state index in [1.807, 2.05) is 0 Å². The monoisotopic (exact) mass is 233 g/mol. The van der Waals surface area contributed by atoms with E-state index < -0.39 is 12.2 Å². The van der Waals surface area contributed by atoms with Crippen LogP contribution in [-0.4, -0.2) is 23.9 Å². The van der Waals surface area contributed by atoms with Crippen LogP contribution in [-0.2, 0) is 0 Å². The molecule has 0 amide bonds. The highest BCUT2D eigenvalue weighted by Gasteiger charge is 2.24. The molecule has 98 valence electrons. The molecule has 0 bridgehead atoms. The van der Waals surface area contributed by atoms with Crippen LogP contribution >= 0.6 is 0 Å². The third-order valence-electron chi connectivity index (χ3n) is 3.62. The Bertz CT molecular complexity index is 185. The summed E-state index contributed by atoms with van der Waals surface area (Å²) >= 11 is 0. The largest absolute Gasteiger partial charge is 0.394 e. The number of aliphatic hydroxyl groups is 1. The lowest BCUT2D eigenvalue weighted by Crippen LogP contribution is -2.45. The molecule has 0 aromatic heterocycles. The van der Waals surface area contributed by atoms with Crippen molar-refractivity contribution < 1.29 is 9.50 Å². The van der Waals surface area contributed by atoms with Gasteiger partial charge in [0.1, 0.15) is 6.67 Å². The molecule has 0 fully saturated rings. The number of unbranched alkanes of at least 4 members (excludes halogenated alkanes) is 1. The molecule has 2 nitrogen and oxygen atoms in total. The van der Waals surface area contributed by atoms with Gasteiger partial charge in [-0.15, -0.1) is 0 Å². The molecule has 0 heterocycles. The molecule has 2 unspecified atom stereocenters. The fourth-order valence-corrected chi connectivity index (χ4v) is 1.55. The van der Waals surface area contributed by atoms with E-state index in [-0.39, 0.29) is 6.61 Å². The Hall–Kier alpha value is -0.150. The molecule has 2 atom stereocenters. The first kappa shape index (κ1) is 15.9. The highest BCUT2D eigenvalue weighted by Crippen LogP contribution is 2.29. The highest BCUT2D eigenvalue weighted by atomic mass is 19.1. The zero-order chi connectivity index (χ0) is 12.8. The maximum Gasteiger partial charge on any atom is 0.110 e. The summed E-state index contributed by atoms with van der Waals surface area (Å²) < 4.78 is 12.5. The smallest absolute Gasteiger partial charge is 0.110 e. The Morgan fingerprint density at radius 3 is 2.19 bits per heavy atom. The van der Waals surface area contributed by atoms with Crippen molar-refractivity contribution in [2.45, 2.75) is 58.9 Å². The van der Waals surface area contributed by atoms with Crippen LogP contribution in [0.3, 0.4) is 0 Å². The number of hydrogen-bond donors (Lipinski definition) is 2. The molecular weight excluding hydrogens is 205 g/mol. The first-order chi connectivity index (χ1) is 7.25. The standard InChI is InChI=1S/C13H28FNO/c1-11(12(2,3)4)7-5-6-8-13(15,9-14)10-16/h11,16H,5-10,15H2,1-4H3. The molecule has 0 aliphatic carbocycles. The van der Waals surface area contributed by atoms with Gasteiger partial charge >= 0.3 is 0 Å². The van der Waals surface area contributed by atoms with Crippen LogP contribution in [0.4, 0.5) is 4.39 Å². The van der Waals surface area contributed by atoms with E-state index >= 15 is 0 Å². The van der Waals surface area contributed by atoms with Gasteiger partial charge in [0, 0.05) is 0 Å². The number of nitrogens with two attached hydrogens (primary N) is 1. The summed E-state index contributed by atoms with van der Waals surface area (Å²) in [6, 6.07) is 0. The van der Waals surface area contributed by atoms with Crippen molar-refractivity contribution in [2.24, 2.45) is 17.1 Å². The summed E-state index contributed by atoms with van der Waals surface area (Å²) in [5.74, 6) is 0.652. The number of hydrogen-bond acceptors (Lipinski definition) is 2. The molecule has 3 heteroatoms. The fourth-order valence-electron chi connectivity index (χ4n) is 1.55. The van der Waals surface area contributed by atoms with E-state index in [2.05, 4.69) is 27.7 Å². The average molecular weight is 233 g/mol. The Morgan fingerprint density at radius 2 is 1.81 bits per heavy atom. The molecular formula is C13H28FNO. The van der Waals surface area contributed by atoms with Gasteiger partial charge in [-0.25, -0.2) is 4.39 Å². The summed E-state index contributed by atoms with van der Waals surface area (Å²) in [6.07, 6.45) is 3.65. The first-order valence-corrected chi connectivity index (χ1v) is 6.21. The minimum absolute atomic E-state index is 0.266. The van der Waals surface area contributed by atoms with Gasteiger partial charge in [0.25, 0.3) is 0 Å². The zero-order valence-corrected chi connectivity index (χ0v) is 11.2. The number of alkyl halides is 1. The van der Waals surface area contributed by atoms with Crippen LogP contribution in [0.15, 0.2) is 0 Å². The Kier molecular flexibility index (Phi) is 6.49. The normalized spacial score (nSPS) is 18.2. The van der Waals surface area contributed by atoms with E-state index in [9.17, 15) is 4.39 Å². The number of halogens is 1. The third kappa shape index (κ3) is 5.80. The van der Waals surface area contributed by atoms with Crippen molar-refractivity contribution in [3.05, 3.63) is 0 Å². The lowest BCUT2D eigenvalue weighted by molar-refractivity contribution is 0.152. The summed E-state index contributed by atoms with van der Waals surface area (Å²) in [7, 11) is 0. The van der Waals surface area contributed by atoms with Gasteiger partial charge in [-0.3, -0.25) is 0 Å². The van der Waals surface area contributed by atoms with Gasteiger partial charge < -0.3 is 10.8 Å². The van der Waals surface area contributed by atoms with E-state index in [0.717, 1.165) is 19.3 Å². The van der Waals surface area contributed by atoms with E-state index in [1.165, 1.54) is 0 Å². The molecule has 0 rings (SSSR count). The zero-order valence-electron chi connectivity index (χ0n) is 11.2. The maximum atomic E-state index is 12.5. The number of rotatable bonds is 7. The van der Waals surface area contributed by atoms with Crippen LogP contribution < -0.4 is 5.73 Å². The maximum absolute atomic E-state index is 12.5. The van der Waals surface area contributed by atoms with Crippen molar-refractivity contribution in [1.82, 2.24) is 0 Å². The molecule has 0 aliphatic heterocycles. The average Bonchev–Trinajstić information content (AvgIpc) is 2.22. The molecule has 0 saturated carbocycles. The summed E-state index contributed by atoms with van der Waals surface area (Å²) in [5, 5.41) is 8.96. The Labute approximate surface area is 99.4 Å². The minimum Gasteiger partial charge on any atom is -0.394 e. The third-order valence-corrected chi connectivity index (χ3v) is 3.62. The van der Waals surface area contributed by atoms with Gasteiger partial charge in [0.2, 0.25) is 0 Å². The second kappa shape index (κ2) is 6.55. The quantitative estimate of drug-likeness (QED) is 0.664. The van der Waals surface area contributed by atoms with Gasteiger partial charge in [-0.2, -0.15) is 0 Å². The predicted octanol–water partition coefficient (Wildman–Crippen LogP) is 2.89. The highest BCUT2D eigenvalue weighted by molar-refractivity contribution is 4.82. The lowest BCUT2D eigenvalue weighted by atomic mass is 9.79. The number of aliphatic hydroxyl groups excluding tert-OH is 1. The van der Waals surface area contributed by atoms with E-state index in [0.29, 0.717) is 17.8 Å². The van der Waals surface area contributed by atoms with Gasteiger partial charge in [0.15, 0.2) is 0 Å². The SMILES string of the molecule is CC(CCCCC(N)(CO)CF)C(C)(C)C. The van der Waals surface area contributed by atoms with Crippen LogP contribution in [0.25, 0.3) is 0 Å². The first-order valence-electron chi connectivity index (χ1n) is 6.21. The minimum atomic E-state index is -1.01. The van der Waals surface area contributed by atoms with Gasteiger partial charge in [-0.1, -0.05) is 47.0 Å². The predicted molar refractivity (Wildman–Crippen MR) is 67.1 cm³/mol. The summed E-state index contributed by atoms with van der Waals surface area (Å²) in [6.45, 7) is 8.05. The molecule has 16 heavy (non-hydrogen) atoms. The molecule has 0 aromatic carbocycles. The summed E-state index contributed by atoms with van der Waals surface area (Å²) in [4.78, 5) is 0. The molecule has 0 spiro atoms. The van der Waals surface area contributed by atoms with Crippen LogP contribution in [0.1, 0.15) is 53.4 Å². The molecule has 0 aromatic rings. The topological polar surface area (TPSA) is 46.2 Å². The van der Waals surface area contributed by atoms with Gasteiger partial charge in [0.05, 0.1) is 12.1 Å². The second-order valence-corrected chi connectivity index (χ2v) is 6.17. The summed E-state index contributed by atoms with van der Waals surface area (Å²) in [5.41, 5.74) is 5.00. The van der Waals surface area contributed by atoms with Crippen LogP contribution in [0, 0.1) is 11.3 Å². The molecule has 0 saturated heterocycles. The van der Waals surface area contributed by atoms with Crippen molar-refractivity contribution in [3.8, 4) is 0 Å². The van der Waals surface area contributed by atoms with Crippen LogP contribution in [0.2, 0.25) is 0 Å². The van der Waals surface area contributed by atoms with Crippen molar-refractivity contribution in [1.29, 1.82) is 0 Å². The Balaban J connectivity index is 3.76. The van der Waals surface area contributed by atoms with Crippen molar-refractivity contribution in [3.63, 3.8) is 0 Å². The Morgan fingerprint density at radius 1 is 1.25 bits per heavy atom. The molecule has 0 radical (unpaired) electrons. The lowest BCUT2D eigenvalue weighted by Gasteiger charge is -2.28. The fraction of sp³-hybridized carbons (Fsp3) is 1.00. The van der Waals surface area contributed by atoms with E-state index in [1.54, 1.807) is 0 Å². The van der Waals surface area contributed by atoms with E-state index in [4.69, 9.17) is 10.8 Å².